The molecule has 0 aliphatic rings. The van der Waals surface area contributed by atoms with E-state index in [4.69, 9.17) is 16.1 Å². The van der Waals surface area contributed by atoms with Gasteiger partial charge in [-0.2, -0.15) is 0 Å². The summed E-state index contributed by atoms with van der Waals surface area (Å²) in [6, 6.07) is 3.27. The lowest BCUT2D eigenvalue weighted by Crippen LogP contribution is -1.81. The minimum atomic E-state index is 0.422. The number of carbonyl (C=O) groups excluding carboxylic acids is 1. The Morgan fingerprint density at radius 2 is 2.31 bits per heavy atom. The van der Waals surface area contributed by atoms with Crippen LogP contribution in [0.15, 0.2) is 16.7 Å². The van der Waals surface area contributed by atoms with E-state index in [0.29, 0.717) is 22.5 Å². The fourth-order valence-corrected chi connectivity index (χ4v) is 1.39. The third-order valence-corrected chi connectivity index (χ3v) is 2.22. The minimum Gasteiger partial charge on any atom is -0.356 e. The first-order valence-electron chi connectivity index (χ1n) is 3.73. The Morgan fingerprint density at radius 1 is 1.54 bits per heavy atom. The molecule has 0 spiro atoms. The zero-order valence-electron chi connectivity index (χ0n) is 6.87. The van der Waals surface area contributed by atoms with E-state index in [0.717, 1.165) is 11.1 Å². The van der Waals surface area contributed by atoms with Gasteiger partial charge in [-0.15, -0.1) is 0 Å². The average Bonchev–Trinajstić information content (AvgIpc) is 2.47. The highest BCUT2D eigenvalue weighted by Crippen LogP contribution is 2.24. The van der Waals surface area contributed by atoms with E-state index in [1.165, 1.54) is 0 Å². The molecule has 0 fully saturated rings. The highest BCUT2D eigenvalue weighted by molar-refractivity contribution is 6.33. The number of fused-ring (bicyclic) bond motifs is 1. The van der Waals surface area contributed by atoms with Gasteiger partial charge in [-0.1, -0.05) is 16.8 Å². The number of benzene rings is 1. The monoisotopic (exact) mass is 195 g/mol. The summed E-state index contributed by atoms with van der Waals surface area (Å²) in [5.74, 6) is 0. The number of rotatable bonds is 1. The van der Waals surface area contributed by atoms with Crippen molar-refractivity contribution in [3.63, 3.8) is 0 Å². The van der Waals surface area contributed by atoms with Gasteiger partial charge < -0.3 is 4.52 Å². The van der Waals surface area contributed by atoms with Crippen LogP contribution in [0.3, 0.4) is 0 Å². The summed E-state index contributed by atoms with van der Waals surface area (Å²) in [5, 5.41) is 5.03. The van der Waals surface area contributed by atoms with Crippen molar-refractivity contribution >= 4 is 28.9 Å². The molecule has 2 rings (SSSR count). The molecule has 0 atom stereocenters. The Hall–Kier alpha value is -1.35. The van der Waals surface area contributed by atoms with Crippen molar-refractivity contribution in [2.75, 3.05) is 0 Å². The maximum absolute atomic E-state index is 10.5. The Balaban J connectivity index is 2.83. The van der Waals surface area contributed by atoms with Crippen LogP contribution < -0.4 is 0 Å². The maximum atomic E-state index is 10.5. The molecule has 0 unspecified atom stereocenters. The molecule has 0 radical (unpaired) electrons. The van der Waals surface area contributed by atoms with Crippen LogP contribution in [0.5, 0.6) is 0 Å². The fraction of sp³-hybridized carbons (Fsp3) is 0.111. The van der Waals surface area contributed by atoms with Crippen molar-refractivity contribution in [2.24, 2.45) is 0 Å². The van der Waals surface area contributed by atoms with Gasteiger partial charge in [0.15, 0.2) is 11.9 Å². The van der Waals surface area contributed by atoms with Crippen LogP contribution in [0.4, 0.5) is 0 Å². The molecule has 0 saturated carbocycles. The Bertz CT molecular complexity index is 476. The van der Waals surface area contributed by atoms with E-state index in [2.05, 4.69) is 5.16 Å². The molecule has 0 bridgehead atoms. The lowest BCUT2D eigenvalue weighted by atomic mass is 10.1. The summed E-state index contributed by atoms with van der Waals surface area (Å²) in [6.45, 7) is 1.82. The standard InChI is InChI=1S/C9H6ClNO2/c1-5-7-3-8(10)6(4-12)2-9(7)13-11-5/h2-4H,1H3. The molecule has 2 aromatic rings. The number of nitrogens with zero attached hydrogens (tertiary/aromatic N) is 1. The van der Waals surface area contributed by atoms with Gasteiger partial charge in [0.05, 0.1) is 10.7 Å². The van der Waals surface area contributed by atoms with Gasteiger partial charge in [0.1, 0.15) is 0 Å². The zero-order chi connectivity index (χ0) is 9.42. The van der Waals surface area contributed by atoms with Gasteiger partial charge in [0, 0.05) is 10.9 Å². The predicted octanol–water partition coefficient (Wildman–Crippen LogP) is 2.60. The van der Waals surface area contributed by atoms with Crippen LogP contribution in [0.2, 0.25) is 5.02 Å². The van der Waals surface area contributed by atoms with Gasteiger partial charge in [-0.05, 0) is 19.1 Å². The molecule has 4 heteroatoms. The number of aldehydes is 1. The van der Waals surface area contributed by atoms with Crippen molar-refractivity contribution < 1.29 is 9.32 Å². The van der Waals surface area contributed by atoms with E-state index in [1.54, 1.807) is 12.1 Å². The Labute approximate surface area is 79.3 Å². The first-order valence-corrected chi connectivity index (χ1v) is 4.11. The normalized spacial score (nSPS) is 10.6. The topological polar surface area (TPSA) is 43.1 Å². The number of aromatic nitrogens is 1. The van der Waals surface area contributed by atoms with Crippen molar-refractivity contribution in [3.05, 3.63) is 28.4 Å². The van der Waals surface area contributed by atoms with E-state index >= 15 is 0 Å². The largest absolute Gasteiger partial charge is 0.356 e. The van der Waals surface area contributed by atoms with Crippen molar-refractivity contribution in [1.82, 2.24) is 5.16 Å². The molecule has 0 saturated heterocycles. The van der Waals surface area contributed by atoms with Crippen molar-refractivity contribution in [3.8, 4) is 0 Å². The molecule has 13 heavy (non-hydrogen) atoms. The van der Waals surface area contributed by atoms with Crippen molar-refractivity contribution in [1.29, 1.82) is 0 Å². The van der Waals surface area contributed by atoms with E-state index in [1.807, 2.05) is 6.92 Å². The predicted molar refractivity (Wildman–Crippen MR) is 49.1 cm³/mol. The van der Waals surface area contributed by atoms with Crippen molar-refractivity contribution in [2.45, 2.75) is 6.92 Å². The summed E-state index contributed by atoms with van der Waals surface area (Å²) < 4.78 is 4.98. The number of carbonyl (C=O) groups is 1. The zero-order valence-corrected chi connectivity index (χ0v) is 7.63. The molecule has 0 amide bonds. The molecule has 1 heterocycles. The number of halogens is 1. The molecular formula is C9H6ClNO2. The second-order valence-electron chi connectivity index (χ2n) is 2.76. The third kappa shape index (κ3) is 1.21. The van der Waals surface area contributed by atoms with Gasteiger partial charge in [-0.25, -0.2) is 0 Å². The molecule has 1 aromatic carbocycles. The second kappa shape index (κ2) is 2.85. The van der Waals surface area contributed by atoms with Crippen LogP contribution in [0.25, 0.3) is 11.0 Å². The van der Waals surface area contributed by atoms with Crippen LogP contribution in [0.1, 0.15) is 16.1 Å². The molecule has 1 aromatic heterocycles. The summed E-state index contributed by atoms with van der Waals surface area (Å²) in [5.41, 5.74) is 1.78. The molecule has 0 aliphatic carbocycles. The first-order chi connectivity index (χ1) is 6.22. The number of aryl methyl sites for hydroxylation is 1. The molecule has 0 N–H and O–H groups in total. The van der Waals surface area contributed by atoms with E-state index in [-0.39, 0.29) is 0 Å². The van der Waals surface area contributed by atoms with E-state index < -0.39 is 0 Å². The van der Waals surface area contributed by atoms with Crippen LogP contribution in [0, 0.1) is 6.92 Å². The smallest absolute Gasteiger partial charge is 0.167 e. The summed E-state index contributed by atoms with van der Waals surface area (Å²) in [4.78, 5) is 10.5. The SMILES string of the molecule is Cc1noc2cc(C=O)c(Cl)cc12. The summed E-state index contributed by atoms with van der Waals surface area (Å²) >= 11 is 5.83. The van der Waals surface area contributed by atoms with Gasteiger partial charge in [0.2, 0.25) is 0 Å². The van der Waals surface area contributed by atoms with Gasteiger partial charge >= 0.3 is 0 Å². The Kier molecular flexibility index (Phi) is 1.81. The lowest BCUT2D eigenvalue weighted by Gasteiger charge is -1.94. The molecule has 0 aliphatic heterocycles. The number of hydrogen-bond acceptors (Lipinski definition) is 3. The Morgan fingerprint density at radius 3 is 3.00 bits per heavy atom. The molecule has 66 valence electrons. The third-order valence-electron chi connectivity index (χ3n) is 1.90. The maximum Gasteiger partial charge on any atom is 0.167 e. The highest BCUT2D eigenvalue weighted by Gasteiger charge is 2.08. The summed E-state index contributed by atoms with van der Waals surface area (Å²) in [6.07, 6.45) is 0.694. The van der Waals surface area contributed by atoms with Crippen LogP contribution in [-0.2, 0) is 0 Å². The average molecular weight is 196 g/mol. The molecular weight excluding hydrogens is 190 g/mol. The van der Waals surface area contributed by atoms with Crippen LogP contribution in [-0.4, -0.2) is 11.4 Å². The summed E-state index contributed by atoms with van der Waals surface area (Å²) in [7, 11) is 0. The lowest BCUT2D eigenvalue weighted by molar-refractivity contribution is 0.112. The minimum absolute atomic E-state index is 0.422. The number of hydrogen-bond donors (Lipinski definition) is 0. The van der Waals surface area contributed by atoms with Gasteiger partial charge in [-0.3, -0.25) is 4.79 Å². The first kappa shape index (κ1) is 8.26. The fourth-order valence-electron chi connectivity index (χ4n) is 1.18. The second-order valence-corrected chi connectivity index (χ2v) is 3.16. The highest BCUT2D eigenvalue weighted by atomic mass is 35.5. The van der Waals surface area contributed by atoms with Gasteiger partial charge in [0.25, 0.3) is 0 Å². The quantitative estimate of drug-likeness (QED) is 0.657. The van der Waals surface area contributed by atoms with E-state index in [9.17, 15) is 4.79 Å². The molecule has 3 nitrogen and oxygen atoms in total. The van der Waals surface area contributed by atoms with Crippen LogP contribution >= 0.6 is 11.6 Å².